The number of hydrogen-bond acceptors (Lipinski definition) is 2. The molecule has 0 saturated heterocycles. The molecule has 0 bridgehead atoms. The van der Waals surface area contributed by atoms with Crippen LogP contribution in [0.25, 0.3) is 5.69 Å². The molecule has 0 saturated carbocycles. The molecule has 1 aromatic carbocycles. The highest BCUT2D eigenvalue weighted by Gasteiger charge is 2.26. The van der Waals surface area contributed by atoms with E-state index >= 15 is 0 Å². The lowest BCUT2D eigenvalue weighted by molar-refractivity contribution is 0.0695. The second-order valence-electron chi connectivity index (χ2n) is 5.66. The molecule has 0 unspecified atom stereocenters. The minimum atomic E-state index is -0.819. The van der Waals surface area contributed by atoms with Crippen molar-refractivity contribution in [1.82, 2.24) is 4.57 Å². The largest absolute Gasteiger partial charge is 0.494 e. The van der Waals surface area contributed by atoms with Gasteiger partial charge in [-0.3, -0.25) is 0 Å². The number of ether oxygens (including phenoxy) is 1. The number of carboxylic acid groups (broad SMARTS) is 1. The van der Waals surface area contributed by atoms with Crippen LogP contribution in [0.1, 0.15) is 47.1 Å². The van der Waals surface area contributed by atoms with E-state index in [4.69, 9.17) is 4.74 Å². The number of aromatic carboxylic acids is 1. The Morgan fingerprint density at radius 1 is 1.23 bits per heavy atom. The average molecular weight is 299 g/mol. The van der Waals surface area contributed by atoms with Crippen LogP contribution in [0, 0.1) is 6.92 Å². The Kier molecular flexibility index (Phi) is 3.92. The summed E-state index contributed by atoms with van der Waals surface area (Å²) in [6, 6.07) is 7.87. The highest BCUT2D eigenvalue weighted by Crippen LogP contribution is 2.32. The second kappa shape index (κ2) is 5.87. The Bertz CT molecular complexity index is 698. The first-order valence-corrected chi connectivity index (χ1v) is 7.83. The van der Waals surface area contributed by atoms with Crippen molar-refractivity contribution in [3.63, 3.8) is 0 Å². The van der Waals surface area contributed by atoms with Crippen molar-refractivity contribution >= 4 is 5.97 Å². The zero-order valence-corrected chi connectivity index (χ0v) is 13.1. The summed E-state index contributed by atoms with van der Waals surface area (Å²) >= 11 is 0. The normalized spacial score (nSPS) is 13.7. The van der Waals surface area contributed by atoms with Gasteiger partial charge in [0.2, 0.25) is 0 Å². The molecule has 1 aliphatic rings. The van der Waals surface area contributed by atoms with Crippen LogP contribution < -0.4 is 4.74 Å². The molecule has 1 N–H and O–H groups in total. The van der Waals surface area contributed by atoms with Gasteiger partial charge in [-0.15, -0.1) is 0 Å². The highest BCUT2D eigenvalue weighted by molar-refractivity contribution is 5.92. The predicted octanol–water partition coefficient (Wildman–Crippen LogP) is 3.76. The molecule has 0 fully saturated rings. The molecule has 0 aliphatic heterocycles. The SMILES string of the molecule is CCOc1ccc(-n2c(C)c(C(=O)O)c3c2CCCC3)cc1. The fraction of sp³-hybridized carbons (Fsp3) is 0.389. The number of rotatable bonds is 4. The first-order chi connectivity index (χ1) is 10.6. The summed E-state index contributed by atoms with van der Waals surface area (Å²) in [4.78, 5) is 11.6. The third-order valence-electron chi connectivity index (χ3n) is 4.33. The maximum Gasteiger partial charge on any atom is 0.337 e. The van der Waals surface area contributed by atoms with E-state index in [-0.39, 0.29) is 0 Å². The molecule has 4 nitrogen and oxygen atoms in total. The lowest BCUT2D eigenvalue weighted by Crippen LogP contribution is -2.08. The van der Waals surface area contributed by atoms with Gasteiger partial charge in [0.25, 0.3) is 0 Å². The maximum atomic E-state index is 11.6. The number of carbonyl (C=O) groups is 1. The van der Waals surface area contributed by atoms with E-state index in [9.17, 15) is 9.90 Å². The molecule has 3 rings (SSSR count). The third kappa shape index (κ3) is 2.39. The fourth-order valence-electron chi connectivity index (χ4n) is 3.43. The first kappa shape index (κ1) is 14.7. The summed E-state index contributed by atoms with van der Waals surface area (Å²) in [5.74, 6) is 0.0173. The molecule has 116 valence electrons. The Hall–Kier alpha value is -2.23. The summed E-state index contributed by atoms with van der Waals surface area (Å²) in [5.41, 5.74) is 4.49. The molecule has 1 heterocycles. The summed E-state index contributed by atoms with van der Waals surface area (Å²) in [5, 5.41) is 9.56. The van der Waals surface area contributed by atoms with Gasteiger partial charge in [0.15, 0.2) is 0 Å². The average Bonchev–Trinajstić information content (AvgIpc) is 2.80. The van der Waals surface area contributed by atoms with Crippen LogP contribution >= 0.6 is 0 Å². The Balaban J connectivity index is 2.12. The first-order valence-electron chi connectivity index (χ1n) is 7.83. The molecule has 1 aliphatic carbocycles. The summed E-state index contributed by atoms with van der Waals surface area (Å²) in [6.45, 7) is 4.50. The Morgan fingerprint density at radius 3 is 2.55 bits per heavy atom. The fourth-order valence-corrected chi connectivity index (χ4v) is 3.43. The number of carboxylic acids is 1. The van der Waals surface area contributed by atoms with Crippen molar-refractivity contribution in [2.45, 2.75) is 39.5 Å². The molecule has 22 heavy (non-hydrogen) atoms. The Morgan fingerprint density at radius 2 is 1.91 bits per heavy atom. The molecule has 0 atom stereocenters. The van der Waals surface area contributed by atoms with Crippen LogP contribution in [0.4, 0.5) is 0 Å². The quantitative estimate of drug-likeness (QED) is 0.935. The van der Waals surface area contributed by atoms with Crippen molar-refractivity contribution in [3.05, 3.63) is 46.8 Å². The van der Waals surface area contributed by atoms with Crippen molar-refractivity contribution < 1.29 is 14.6 Å². The topological polar surface area (TPSA) is 51.5 Å². The molecule has 2 aromatic rings. The van der Waals surface area contributed by atoms with E-state index in [0.717, 1.165) is 54.1 Å². The monoisotopic (exact) mass is 299 g/mol. The van der Waals surface area contributed by atoms with Gasteiger partial charge in [-0.2, -0.15) is 0 Å². The van der Waals surface area contributed by atoms with Gasteiger partial charge in [-0.25, -0.2) is 4.79 Å². The van der Waals surface area contributed by atoms with Gasteiger partial charge in [0.1, 0.15) is 5.75 Å². The van der Waals surface area contributed by atoms with Gasteiger partial charge in [0.05, 0.1) is 12.2 Å². The Labute approximate surface area is 130 Å². The van der Waals surface area contributed by atoms with Crippen molar-refractivity contribution in [2.24, 2.45) is 0 Å². The standard InChI is InChI=1S/C18H21NO3/c1-3-22-14-10-8-13(9-11-14)19-12(2)17(18(20)21)15-6-4-5-7-16(15)19/h8-11H,3-7H2,1-2H3,(H,20,21). The zero-order chi connectivity index (χ0) is 15.7. The second-order valence-corrected chi connectivity index (χ2v) is 5.66. The predicted molar refractivity (Wildman–Crippen MR) is 85.3 cm³/mol. The minimum absolute atomic E-state index is 0.489. The van der Waals surface area contributed by atoms with Crippen molar-refractivity contribution in [1.29, 1.82) is 0 Å². The number of nitrogens with zero attached hydrogens (tertiary/aromatic N) is 1. The highest BCUT2D eigenvalue weighted by atomic mass is 16.5. The number of fused-ring (bicyclic) bond motifs is 1. The van der Waals surface area contributed by atoms with E-state index < -0.39 is 5.97 Å². The number of hydrogen-bond donors (Lipinski definition) is 1. The molecular formula is C18H21NO3. The van der Waals surface area contributed by atoms with Gasteiger partial charge >= 0.3 is 5.97 Å². The lowest BCUT2D eigenvalue weighted by atomic mass is 9.94. The van der Waals surface area contributed by atoms with E-state index in [1.165, 1.54) is 0 Å². The van der Waals surface area contributed by atoms with Gasteiger partial charge in [-0.1, -0.05) is 0 Å². The smallest absolute Gasteiger partial charge is 0.337 e. The molecule has 1 aromatic heterocycles. The van der Waals surface area contributed by atoms with Gasteiger partial charge < -0.3 is 14.4 Å². The maximum absolute atomic E-state index is 11.6. The molecule has 0 spiro atoms. The third-order valence-corrected chi connectivity index (χ3v) is 4.33. The van der Waals surface area contributed by atoms with E-state index in [2.05, 4.69) is 4.57 Å². The number of aromatic nitrogens is 1. The van der Waals surface area contributed by atoms with Crippen LogP contribution in [0.15, 0.2) is 24.3 Å². The van der Waals surface area contributed by atoms with Gasteiger partial charge in [0, 0.05) is 17.1 Å². The minimum Gasteiger partial charge on any atom is -0.494 e. The van der Waals surface area contributed by atoms with Crippen LogP contribution in [-0.4, -0.2) is 22.2 Å². The van der Waals surface area contributed by atoms with Gasteiger partial charge in [-0.05, 0) is 69.4 Å². The zero-order valence-electron chi connectivity index (χ0n) is 13.1. The molecular weight excluding hydrogens is 278 g/mol. The number of benzene rings is 1. The summed E-state index contributed by atoms with van der Waals surface area (Å²) in [7, 11) is 0. The van der Waals surface area contributed by atoms with Crippen molar-refractivity contribution in [2.75, 3.05) is 6.61 Å². The van der Waals surface area contributed by atoms with Crippen molar-refractivity contribution in [3.8, 4) is 11.4 Å². The molecule has 0 radical (unpaired) electrons. The van der Waals surface area contributed by atoms with E-state index in [1.807, 2.05) is 38.1 Å². The summed E-state index contributed by atoms with van der Waals surface area (Å²) in [6.07, 6.45) is 3.99. The van der Waals surface area contributed by atoms with Crippen LogP contribution in [0.3, 0.4) is 0 Å². The van der Waals surface area contributed by atoms with Crippen LogP contribution in [0.2, 0.25) is 0 Å². The lowest BCUT2D eigenvalue weighted by Gasteiger charge is -2.17. The molecule has 4 heteroatoms. The summed E-state index contributed by atoms with van der Waals surface area (Å²) < 4.78 is 7.58. The van der Waals surface area contributed by atoms with Crippen LogP contribution in [-0.2, 0) is 12.8 Å². The van der Waals surface area contributed by atoms with E-state index in [0.29, 0.717) is 12.2 Å². The molecule has 0 amide bonds. The van der Waals surface area contributed by atoms with E-state index in [1.54, 1.807) is 0 Å². The van der Waals surface area contributed by atoms with Crippen LogP contribution in [0.5, 0.6) is 5.75 Å².